The SMILES string of the molecule is COc1ccc(N2C(S)=C(C#N)C(=O)NC2c2ccc(-c3ccc(C)cc3)o2)cc1. The van der Waals surface area contributed by atoms with Gasteiger partial charge in [-0.25, -0.2) is 0 Å². The van der Waals surface area contributed by atoms with Crippen molar-refractivity contribution in [1.82, 2.24) is 5.32 Å². The number of hydrogen-bond acceptors (Lipinski definition) is 6. The van der Waals surface area contributed by atoms with Gasteiger partial charge in [-0.3, -0.25) is 4.79 Å². The smallest absolute Gasteiger partial charge is 0.266 e. The number of amides is 1. The molecule has 2 heterocycles. The van der Waals surface area contributed by atoms with Gasteiger partial charge in [0.05, 0.1) is 12.1 Å². The van der Waals surface area contributed by atoms with E-state index in [-0.39, 0.29) is 10.6 Å². The van der Waals surface area contributed by atoms with Crippen molar-refractivity contribution in [3.05, 3.63) is 82.6 Å². The summed E-state index contributed by atoms with van der Waals surface area (Å²) >= 11 is 4.50. The summed E-state index contributed by atoms with van der Waals surface area (Å²) < 4.78 is 11.3. The summed E-state index contributed by atoms with van der Waals surface area (Å²) in [5, 5.41) is 12.5. The summed E-state index contributed by atoms with van der Waals surface area (Å²) in [6.45, 7) is 2.02. The molecule has 150 valence electrons. The Kier molecular flexibility index (Phi) is 5.25. The van der Waals surface area contributed by atoms with Gasteiger partial charge in [0.2, 0.25) is 0 Å². The Hall–Kier alpha value is -3.63. The number of benzene rings is 2. The number of methoxy groups -OCH3 is 1. The molecule has 0 radical (unpaired) electrons. The second-order valence-electron chi connectivity index (χ2n) is 6.82. The number of hydrogen-bond donors (Lipinski definition) is 2. The predicted octanol–water partition coefficient (Wildman–Crippen LogP) is 4.56. The number of thiol groups is 1. The lowest BCUT2D eigenvalue weighted by atomic mass is 10.1. The molecule has 6 nitrogen and oxygen atoms in total. The van der Waals surface area contributed by atoms with E-state index in [1.165, 1.54) is 0 Å². The van der Waals surface area contributed by atoms with E-state index in [2.05, 4.69) is 17.9 Å². The highest BCUT2D eigenvalue weighted by Gasteiger charge is 2.35. The molecule has 1 N–H and O–H groups in total. The zero-order chi connectivity index (χ0) is 21.3. The molecule has 1 aliphatic heterocycles. The summed E-state index contributed by atoms with van der Waals surface area (Å²) in [6.07, 6.45) is -0.658. The average Bonchev–Trinajstić information content (AvgIpc) is 3.24. The van der Waals surface area contributed by atoms with Crippen molar-refractivity contribution in [3.63, 3.8) is 0 Å². The molecule has 0 fully saturated rings. The molecule has 1 unspecified atom stereocenters. The van der Waals surface area contributed by atoms with E-state index in [9.17, 15) is 10.1 Å². The molecule has 7 heteroatoms. The van der Waals surface area contributed by atoms with E-state index in [4.69, 9.17) is 9.15 Å². The van der Waals surface area contributed by atoms with Gasteiger partial charge in [0, 0.05) is 11.3 Å². The summed E-state index contributed by atoms with van der Waals surface area (Å²) in [7, 11) is 1.59. The van der Waals surface area contributed by atoms with E-state index >= 15 is 0 Å². The molecular weight excluding hydrogens is 398 g/mol. The van der Waals surface area contributed by atoms with Crippen LogP contribution in [0.5, 0.6) is 5.75 Å². The van der Waals surface area contributed by atoms with Gasteiger partial charge < -0.3 is 19.4 Å². The summed E-state index contributed by atoms with van der Waals surface area (Å²) in [6, 6.07) is 20.9. The van der Waals surface area contributed by atoms with E-state index in [1.807, 2.05) is 61.5 Å². The lowest BCUT2D eigenvalue weighted by Crippen LogP contribution is -2.45. The Balaban J connectivity index is 1.77. The number of rotatable bonds is 4. The van der Waals surface area contributed by atoms with Gasteiger partial charge in [-0.05, 0) is 43.3 Å². The third-order valence-corrected chi connectivity index (χ3v) is 5.34. The highest BCUT2D eigenvalue weighted by atomic mass is 32.1. The molecule has 0 saturated heterocycles. The molecule has 0 aliphatic carbocycles. The van der Waals surface area contributed by atoms with Gasteiger partial charge >= 0.3 is 0 Å². The standard InChI is InChI=1S/C23H19N3O3S/c1-14-3-5-15(6-4-14)19-11-12-20(29-19)21-25-22(27)18(13-24)23(30)26(21)16-7-9-17(28-2)10-8-16/h3-12,21,30H,1-2H3,(H,25,27). The molecular formula is C23H19N3O3S. The fourth-order valence-electron chi connectivity index (χ4n) is 3.29. The van der Waals surface area contributed by atoms with Crippen LogP contribution in [-0.4, -0.2) is 13.0 Å². The maximum Gasteiger partial charge on any atom is 0.266 e. The minimum absolute atomic E-state index is 0.0595. The first-order chi connectivity index (χ1) is 14.5. The van der Waals surface area contributed by atoms with Crippen LogP contribution in [0.1, 0.15) is 17.5 Å². The van der Waals surface area contributed by atoms with E-state index in [0.717, 1.165) is 16.8 Å². The van der Waals surface area contributed by atoms with Gasteiger partial charge in [0.25, 0.3) is 5.91 Å². The lowest BCUT2D eigenvalue weighted by Gasteiger charge is -2.36. The van der Waals surface area contributed by atoms with Crippen molar-refractivity contribution in [1.29, 1.82) is 5.26 Å². The van der Waals surface area contributed by atoms with Crippen molar-refractivity contribution >= 4 is 24.2 Å². The molecule has 30 heavy (non-hydrogen) atoms. The Morgan fingerprint density at radius 3 is 2.43 bits per heavy atom. The summed E-state index contributed by atoms with van der Waals surface area (Å²) in [4.78, 5) is 14.2. The number of furan rings is 1. The predicted molar refractivity (Wildman–Crippen MR) is 117 cm³/mol. The number of nitrogens with zero attached hydrogens (tertiary/aromatic N) is 2. The minimum atomic E-state index is -0.658. The molecule has 4 rings (SSSR count). The Morgan fingerprint density at radius 1 is 1.10 bits per heavy atom. The van der Waals surface area contributed by atoms with Crippen LogP contribution < -0.4 is 15.0 Å². The second kappa shape index (κ2) is 8.01. The molecule has 0 saturated carbocycles. The molecule has 3 aromatic rings. The zero-order valence-corrected chi connectivity index (χ0v) is 17.3. The largest absolute Gasteiger partial charge is 0.497 e. The van der Waals surface area contributed by atoms with E-state index in [0.29, 0.717) is 17.3 Å². The molecule has 1 atom stereocenters. The fraction of sp³-hybridized carbons (Fsp3) is 0.130. The van der Waals surface area contributed by atoms with Crippen LogP contribution in [0.3, 0.4) is 0 Å². The Labute approximate surface area is 179 Å². The summed E-state index contributed by atoms with van der Waals surface area (Å²) in [5.41, 5.74) is 2.76. The highest BCUT2D eigenvalue weighted by molar-refractivity contribution is 7.84. The first-order valence-electron chi connectivity index (χ1n) is 9.26. The van der Waals surface area contributed by atoms with E-state index in [1.54, 1.807) is 24.1 Å². The van der Waals surface area contributed by atoms with Crippen LogP contribution >= 0.6 is 12.6 Å². The van der Waals surface area contributed by atoms with Crippen molar-refractivity contribution in [2.24, 2.45) is 0 Å². The number of ether oxygens (including phenoxy) is 1. The number of carbonyl (C=O) groups is 1. The zero-order valence-electron chi connectivity index (χ0n) is 16.4. The maximum atomic E-state index is 12.5. The molecule has 1 amide bonds. The monoisotopic (exact) mass is 417 g/mol. The number of nitriles is 1. The minimum Gasteiger partial charge on any atom is -0.497 e. The van der Waals surface area contributed by atoms with Gasteiger partial charge in [-0.1, -0.05) is 29.8 Å². The lowest BCUT2D eigenvalue weighted by molar-refractivity contribution is -0.118. The third kappa shape index (κ3) is 3.53. The Bertz CT molecular complexity index is 1160. The second-order valence-corrected chi connectivity index (χ2v) is 7.25. The Morgan fingerprint density at radius 2 is 1.80 bits per heavy atom. The molecule has 1 aliphatic rings. The van der Waals surface area contributed by atoms with Crippen LogP contribution in [0.15, 0.2) is 75.7 Å². The quantitative estimate of drug-likeness (QED) is 0.609. The van der Waals surface area contributed by atoms with Crippen LogP contribution in [0, 0.1) is 18.3 Å². The third-order valence-electron chi connectivity index (χ3n) is 4.90. The highest BCUT2D eigenvalue weighted by Crippen LogP contribution is 2.38. The molecule has 0 bridgehead atoms. The van der Waals surface area contributed by atoms with Gasteiger partial charge in [0.15, 0.2) is 6.17 Å². The van der Waals surface area contributed by atoms with Crippen molar-refractivity contribution < 1.29 is 13.9 Å². The fourth-order valence-corrected chi connectivity index (χ4v) is 3.67. The number of nitrogens with one attached hydrogen (secondary N) is 1. The molecule has 0 spiro atoms. The van der Waals surface area contributed by atoms with Gasteiger partial charge in [-0.15, -0.1) is 12.6 Å². The average molecular weight is 417 g/mol. The van der Waals surface area contributed by atoms with Crippen LogP contribution in [0.4, 0.5) is 5.69 Å². The summed E-state index contributed by atoms with van der Waals surface area (Å²) in [5.74, 6) is 1.41. The van der Waals surface area contributed by atoms with Crippen LogP contribution in [0.2, 0.25) is 0 Å². The van der Waals surface area contributed by atoms with Crippen molar-refractivity contribution in [2.75, 3.05) is 12.0 Å². The topological polar surface area (TPSA) is 78.5 Å². The number of carbonyl (C=O) groups excluding carboxylic acids is 1. The first-order valence-corrected chi connectivity index (χ1v) is 9.71. The maximum absolute atomic E-state index is 12.5. The van der Waals surface area contributed by atoms with Gasteiger partial charge in [-0.2, -0.15) is 5.26 Å². The van der Waals surface area contributed by atoms with E-state index < -0.39 is 12.1 Å². The molecule has 1 aromatic heterocycles. The van der Waals surface area contributed by atoms with Crippen molar-refractivity contribution in [3.8, 4) is 23.1 Å². The van der Waals surface area contributed by atoms with Gasteiger partial charge in [0.1, 0.15) is 28.9 Å². The normalized spacial score (nSPS) is 16.3. The molecule has 2 aromatic carbocycles. The first kappa shape index (κ1) is 19.7. The van der Waals surface area contributed by atoms with Crippen molar-refractivity contribution in [2.45, 2.75) is 13.1 Å². The number of anilines is 1. The van der Waals surface area contributed by atoms with Crippen LogP contribution in [0.25, 0.3) is 11.3 Å². The van der Waals surface area contributed by atoms with Crippen LogP contribution in [-0.2, 0) is 4.79 Å². The number of aryl methyl sites for hydroxylation is 1.